The molecule has 0 bridgehead atoms. The van der Waals surface area contributed by atoms with Crippen LogP contribution in [0.1, 0.15) is 71.1 Å². The van der Waals surface area contributed by atoms with Crippen molar-refractivity contribution in [2.24, 2.45) is 16.8 Å². The Bertz CT molecular complexity index is 876. The van der Waals surface area contributed by atoms with Crippen molar-refractivity contribution >= 4 is 24.2 Å². The van der Waals surface area contributed by atoms with Crippen molar-refractivity contribution in [3.63, 3.8) is 0 Å². The van der Waals surface area contributed by atoms with Gasteiger partial charge in [-0.3, -0.25) is 19.5 Å². The molecule has 2 heterocycles. The molecule has 11 nitrogen and oxygen atoms in total. The van der Waals surface area contributed by atoms with E-state index >= 15 is 0 Å². The number of hydrogen-bond acceptors (Lipinski definition) is 9. The van der Waals surface area contributed by atoms with Gasteiger partial charge in [-0.25, -0.2) is 4.79 Å². The molecule has 0 aromatic rings. The van der Waals surface area contributed by atoms with E-state index in [1.807, 2.05) is 11.9 Å². The number of alkyl carbamates (subject to hydrolysis) is 1. The van der Waals surface area contributed by atoms with Crippen LogP contribution in [0.5, 0.6) is 0 Å². The Morgan fingerprint density at radius 2 is 1.85 bits per heavy atom. The predicted octanol–water partition coefficient (Wildman–Crippen LogP) is 2.46. The van der Waals surface area contributed by atoms with Gasteiger partial charge in [0, 0.05) is 25.8 Å². The van der Waals surface area contributed by atoms with E-state index in [4.69, 9.17) is 9.47 Å². The van der Waals surface area contributed by atoms with E-state index in [0.717, 1.165) is 58.2 Å². The van der Waals surface area contributed by atoms with E-state index in [1.165, 1.54) is 12.6 Å². The van der Waals surface area contributed by atoms with E-state index in [-0.39, 0.29) is 31.1 Å². The van der Waals surface area contributed by atoms with Crippen LogP contribution < -0.4 is 10.6 Å². The lowest BCUT2D eigenvalue weighted by Gasteiger charge is -2.36. The molecule has 3 fully saturated rings. The van der Waals surface area contributed by atoms with Crippen molar-refractivity contribution in [2.45, 2.75) is 82.7 Å². The highest BCUT2D eigenvalue weighted by molar-refractivity contribution is 5.84. The number of carbonyl (C=O) groups excluding carboxylic acids is 3. The number of ether oxygens (including phenoxy) is 2. The number of likely N-dealkylation sites (tertiary alicyclic amines) is 2. The van der Waals surface area contributed by atoms with Crippen molar-refractivity contribution in [3.05, 3.63) is 0 Å². The minimum atomic E-state index is -0.860. The average molecular weight is 547 g/mol. The van der Waals surface area contributed by atoms with Crippen molar-refractivity contribution in [3.8, 4) is 6.07 Å². The Hall–Kier alpha value is -2.71. The molecule has 0 aromatic heterocycles. The molecule has 3 rings (SSSR count). The molecule has 39 heavy (non-hydrogen) atoms. The van der Waals surface area contributed by atoms with Gasteiger partial charge in [-0.05, 0) is 58.5 Å². The van der Waals surface area contributed by atoms with E-state index in [0.29, 0.717) is 38.3 Å². The number of nitriles is 1. The van der Waals surface area contributed by atoms with Gasteiger partial charge in [0.15, 0.2) is 0 Å². The monoisotopic (exact) mass is 546 g/mol. The van der Waals surface area contributed by atoms with Gasteiger partial charge in [-0.1, -0.05) is 32.1 Å². The summed E-state index contributed by atoms with van der Waals surface area (Å²) in [6, 6.07) is 1.73. The summed E-state index contributed by atoms with van der Waals surface area (Å²) in [5.74, 6) is -0.169. The van der Waals surface area contributed by atoms with Crippen LogP contribution in [-0.2, 0) is 19.1 Å². The van der Waals surface area contributed by atoms with Gasteiger partial charge in [-0.2, -0.15) is 5.26 Å². The summed E-state index contributed by atoms with van der Waals surface area (Å²) < 4.78 is 10.4. The lowest BCUT2D eigenvalue weighted by atomic mass is 9.84. The first kappa shape index (κ1) is 30.8. The summed E-state index contributed by atoms with van der Waals surface area (Å²) in [5, 5.41) is 15.6. The number of nitrogens with zero attached hydrogens (tertiary/aromatic N) is 4. The fourth-order valence-electron chi connectivity index (χ4n) is 5.72. The van der Waals surface area contributed by atoms with Crippen LogP contribution in [0, 0.1) is 23.2 Å². The third kappa shape index (κ3) is 10.1. The second-order valence-electron chi connectivity index (χ2n) is 11.2. The molecule has 0 spiro atoms. The van der Waals surface area contributed by atoms with Gasteiger partial charge in [0.05, 0.1) is 25.3 Å². The number of rotatable bonds is 11. The quantitative estimate of drug-likeness (QED) is 0.298. The predicted molar refractivity (Wildman–Crippen MR) is 147 cm³/mol. The molecule has 2 saturated heterocycles. The van der Waals surface area contributed by atoms with Gasteiger partial charge >= 0.3 is 12.1 Å². The summed E-state index contributed by atoms with van der Waals surface area (Å²) in [7, 11) is 2.02. The summed E-state index contributed by atoms with van der Waals surface area (Å²) in [4.78, 5) is 46.2. The molecule has 3 aliphatic rings. The Kier molecular flexibility index (Phi) is 12.5. The highest BCUT2D eigenvalue weighted by atomic mass is 16.5. The van der Waals surface area contributed by atoms with Crippen LogP contribution in [0.3, 0.4) is 0 Å². The number of nitrogens with one attached hydrogen (secondary N) is 2. The molecule has 2 aliphatic heterocycles. The minimum Gasteiger partial charge on any atom is -0.466 e. The third-order valence-electron chi connectivity index (χ3n) is 8.15. The van der Waals surface area contributed by atoms with Crippen molar-refractivity contribution < 1.29 is 23.9 Å². The molecule has 1 saturated carbocycles. The summed E-state index contributed by atoms with van der Waals surface area (Å²) in [5.41, 5.74) is -0.860. The molecular formula is C28H46N6O5. The number of amides is 2. The molecule has 1 aliphatic carbocycles. The van der Waals surface area contributed by atoms with Gasteiger partial charge < -0.3 is 25.0 Å². The molecule has 11 heteroatoms. The van der Waals surface area contributed by atoms with Gasteiger partial charge in [0.1, 0.15) is 18.2 Å². The average Bonchev–Trinajstić information content (AvgIpc) is 2.95. The standard InChI is InChI=1S/C28H46N6O5/c1-3-38-26(36)23-10-7-14-34(19-23)21-31-27(37)39-17-13-30-24(18-22-8-5-4-6-9-22)25(35)32-28(20-29)11-15-33(2)16-12-28/h13,22-24H,3-12,14-19,21H2,1-2H3,(H,31,37)(H,32,35). The minimum absolute atomic E-state index is 0.0556. The molecule has 0 aromatic carbocycles. The van der Waals surface area contributed by atoms with Gasteiger partial charge in [0.25, 0.3) is 0 Å². The summed E-state index contributed by atoms with van der Waals surface area (Å²) in [6.07, 6.45) is 10.1. The van der Waals surface area contributed by atoms with Crippen LogP contribution in [0.4, 0.5) is 4.79 Å². The second kappa shape index (κ2) is 15.8. The number of aliphatic imine (C=N–C) groups is 1. The topological polar surface area (TPSA) is 136 Å². The van der Waals surface area contributed by atoms with Crippen LogP contribution in [0.25, 0.3) is 0 Å². The fraction of sp³-hybridized carbons (Fsp3) is 0.821. The molecule has 2 unspecified atom stereocenters. The lowest BCUT2D eigenvalue weighted by Crippen LogP contribution is -2.56. The molecule has 218 valence electrons. The molecule has 2 atom stereocenters. The van der Waals surface area contributed by atoms with Gasteiger partial charge in [-0.15, -0.1) is 0 Å². The maximum atomic E-state index is 13.3. The van der Waals surface area contributed by atoms with E-state index in [2.05, 4.69) is 26.6 Å². The SMILES string of the molecule is CCOC(=O)C1CCCN(CNC(=O)OCC=NC(CC2CCCCC2)C(=O)NC2(C#N)CCN(C)CC2)C1. The number of carbonyl (C=O) groups is 3. The maximum Gasteiger partial charge on any atom is 0.408 e. The normalized spacial score (nSPS) is 23.5. The van der Waals surface area contributed by atoms with Crippen LogP contribution in [0.15, 0.2) is 4.99 Å². The first-order chi connectivity index (χ1) is 18.8. The Morgan fingerprint density at radius 1 is 1.10 bits per heavy atom. The largest absolute Gasteiger partial charge is 0.466 e. The van der Waals surface area contributed by atoms with E-state index in [1.54, 1.807) is 6.92 Å². The lowest BCUT2D eigenvalue weighted by molar-refractivity contribution is -0.150. The molecular weight excluding hydrogens is 500 g/mol. The Labute approximate surface area is 232 Å². The number of esters is 1. The zero-order chi connectivity index (χ0) is 28.1. The zero-order valence-electron chi connectivity index (χ0n) is 23.7. The Morgan fingerprint density at radius 3 is 2.54 bits per heavy atom. The Balaban J connectivity index is 1.48. The smallest absolute Gasteiger partial charge is 0.408 e. The highest BCUT2D eigenvalue weighted by Gasteiger charge is 2.37. The van der Waals surface area contributed by atoms with Crippen molar-refractivity contribution in [1.29, 1.82) is 5.26 Å². The van der Waals surface area contributed by atoms with Crippen molar-refractivity contribution in [2.75, 3.05) is 53.1 Å². The summed E-state index contributed by atoms with van der Waals surface area (Å²) in [6.45, 7) is 5.23. The van der Waals surface area contributed by atoms with Crippen LogP contribution >= 0.6 is 0 Å². The highest BCUT2D eigenvalue weighted by Crippen LogP contribution is 2.29. The number of hydrogen-bond donors (Lipinski definition) is 2. The van der Waals surface area contributed by atoms with Crippen molar-refractivity contribution in [1.82, 2.24) is 20.4 Å². The zero-order valence-corrected chi connectivity index (χ0v) is 23.7. The van der Waals surface area contributed by atoms with E-state index in [9.17, 15) is 19.6 Å². The number of piperidine rings is 2. The molecule has 2 amide bonds. The van der Waals surface area contributed by atoms with E-state index < -0.39 is 17.7 Å². The molecule has 2 N–H and O–H groups in total. The molecule has 0 radical (unpaired) electrons. The first-order valence-electron chi connectivity index (χ1n) is 14.6. The van der Waals surface area contributed by atoms with Crippen LogP contribution in [0.2, 0.25) is 0 Å². The van der Waals surface area contributed by atoms with Gasteiger partial charge in [0.2, 0.25) is 5.91 Å². The second-order valence-corrected chi connectivity index (χ2v) is 11.2. The fourth-order valence-corrected chi connectivity index (χ4v) is 5.72. The van der Waals surface area contributed by atoms with Crippen LogP contribution in [-0.4, -0.2) is 98.7 Å². The maximum absolute atomic E-state index is 13.3. The first-order valence-corrected chi connectivity index (χ1v) is 14.6. The summed E-state index contributed by atoms with van der Waals surface area (Å²) >= 11 is 0. The third-order valence-corrected chi connectivity index (χ3v) is 8.15.